The molecule has 1 aromatic heterocycles. The Bertz CT molecular complexity index is 815. The standard InChI is InChI=1S/C17H17F3N2O3/c1-4-25-16(24)17(19,20)14-12(7-8-22(14)3)15(23)21-11-5-6-13(18)10(2)9-11/h5-9H,4H2,1-3H3,(H,21,23). The number of aromatic nitrogens is 1. The maximum absolute atomic E-state index is 14.4. The number of rotatable bonds is 5. The maximum atomic E-state index is 14.4. The van der Waals surface area contributed by atoms with Gasteiger partial charge < -0.3 is 14.6 Å². The van der Waals surface area contributed by atoms with Gasteiger partial charge in [0, 0.05) is 18.9 Å². The molecule has 0 fully saturated rings. The van der Waals surface area contributed by atoms with Crippen LogP contribution in [-0.2, 0) is 22.5 Å². The molecule has 1 amide bonds. The number of esters is 1. The van der Waals surface area contributed by atoms with Crippen molar-refractivity contribution in [2.45, 2.75) is 19.8 Å². The lowest BCUT2D eigenvalue weighted by atomic mass is 10.1. The van der Waals surface area contributed by atoms with Gasteiger partial charge in [-0.1, -0.05) is 0 Å². The average Bonchev–Trinajstić information content (AvgIpc) is 2.93. The zero-order valence-corrected chi connectivity index (χ0v) is 13.9. The lowest BCUT2D eigenvalue weighted by Crippen LogP contribution is -2.32. The highest BCUT2D eigenvalue weighted by atomic mass is 19.3. The van der Waals surface area contributed by atoms with E-state index in [0.29, 0.717) is 5.56 Å². The Morgan fingerprint density at radius 2 is 1.96 bits per heavy atom. The number of amides is 1. The number of alkyl halides is 2. The number of carbonyl (C=O) groups excluding carboxylic acids is 2. The van der Waals surface area contributed by atoms with E-state index in [1.165, 1.54) is 45.3 Å². The molecule has 0 unspecified atom stereocenters. The van der Waals surface area contributed by atoms with E-state index in [1.807, 2.05) is 0 Å². The van der Waals surface area contributed by atoms with Crippen LogP contribution in [0.5, 0.6) is 0 Å². The first kappa shape index (κ1) is 18.6. The van der Waals surface area contributed by atoms with Crippen LogP contribution in [0.15, 0.2) is 30.5 Å². The molecule has 0 atom stereocenters. The van der Waals surface area contributed by atoms with Crippen molar-refractivity contribution in [1.29, 1.82) is 0 Å². The minimum atomic E-state index is -3.99. The molecule has 0 radical (unpaired) electrons. The molecule has 0 aliphatic heterocycles. The normalized spacial score (nSPS) is 11.3. The molecule has 1 heterocycles. The second kappa shape index (κ2) is 7.00. The molecule has 0 aliphatic carbocycles. The van der Waals surface area contributed by atoms with E-state index >= 15 is 0 Å². The second-order valence-corrected chi connectivity index (χ2v) is 5.40. The highest BCUT2D eigenvalue weighted by molar-refractivity contribution is 6.06. The molecule has 134 valence electrons. The SMILES string of the molecule is CCOC(=O)C(F)(F)c1c(C(=O)Nc2ccc(F)c(C)c2)ccn1C. The number of benzene rings is 1. The quantitative estimate of drug-likeness (QED) is 0.838. The third-order valence-corrected chi connectivity index (χ3v) is 3.56. The molecule has 8 heteroatoms. The van der Waals surface area contributed by atoms with Crippen molar-refractivity contribution in [3.8, 4) is 0 Å². The Balaban J connectivity index is 2.35. The predicted octanol–water partition coefficient (Wildman–Crippen LogP) is 3.38. The molecular formula is C17H17F3N2O3. The fourth-order valence-electron chi connectivity index (χ4n) is 2.34. The Hall–Kier alpha value is -2.77. The molecule has 1 N–H and O–H groups in total. The number of hydrogen-bond donors (Lipinski definition) is 1. The van der Waals surface area contributed by atoms with Crippen LogP contribution >= 0.6 is 0 Å². The number of hydrogen-bond acceptors (Lipinski definition) is 3. The van der Waals surface area contributed by atoms with Crippen molar-refractivity contribution in [3.05, 3.63) is 53.1 Å². The van der Waals surface area contributed by atoms with E-state index in [1.54, 1.807) is 0 Å². The molecule has 0 bridgehead atoms. The summed E-state index contributed by atoms with van der Waals surface area (Å²) in [6.07, 6.45) is 1.24. The Labute approximate surface area is 142 Å². The molecule has 0 aliphatic rings. The van der Waals surface area contributed by atoms with Crippen molar-refractivity contribution in [3.63, 3.8) is 0 Å². The van der Waals surface area contributed by atoms with Gasteiger partial charge in [0.05, 0.1) is 12.2 Å². The first-order chi connectivity index (χ1) is 11.7. The minimum Gasteiger partial charge on any atom is -0.461 e. The second-order valence-electron chi connectivity index (χ2n) is 5.40. The largest absolute Gasteiger partial charge is 0.461 e. The van der Waals surface area contributed by atoms with Gasteiger partial charge in [-0.3, -0.25) is 4.79 Å². The van der Waals surface area contributed by atoms with Gasteiger partial charge in [0.2, 0.25) is 0 Å². The third-order valence-electron chi connectivity index (χ3n) is 3.56. The van der Waals surface area contributed by atoms with Crippen LogP contribution in [0, 0.1) is 12.7 Å². The zero-order chi connectivity index (χ0) is 18.8. The number of ether oxygens (including phenoxy) is 1. The third kappa shape index (κ3) is 3.67. The summed E-state index contributed by atoms with van der Waals surface area (Å²) in [5, 5.41) is 2.42. The van der Waals surface area contributed by atoms with E-state index < -0.39 is 29.3 Å². The highest BCUT2D eigenvalue weighted by Gasteiger charge is 2.47. The van der Waals surface area contributed by atoms with Crippen LogP contribution < -0.4 is 5.32 Å². The summed E-state index contributed by atoms with van der Waals surface area (Å²) in [5.74, 6) is -7.01. The number of nitrogens with one attached hydrogen (secondary N) is 1. The van der Waals surface area contributed by atoms with Crippen LogP contribution in [0.1, 0.15) is 28.5 Å². The molecule has 1 aromatic carbocycles. The monoisotopic (exact) mass is 354 g/mol. The number of halogens is 3. The van der Waals surface area contributed by atoms with Crippen molar-refractivity contribution in [1.82, 2.24) is 4.57 Å². The lowest BCUT2D eigenvalue weighted by Gasteiger charge is -2.17. The summed E-state index contributed by atoms with van der Waals surface area (Å²) >= 11 is 0. The first-order valence-electron chi connectivity index (χ1n) is 7.46. The van der Waals surface area contributed by atoms with Crippen LogP contribution in [0.3, 0.4) is 0 Å². The van der Waals surface area contributed by atoms with Gasteiger partial charge in [-0.05, 0) is 43.7 Å². The molecule has 25 heavy (non-hydrogen) atoms. The summed E-state index contributed by atoms with van der Waals surface area (Å²) in [5.41, 5.74) is -0.606. The average molecular weight is 354 g/mol. The maximum Gasteiger partial charge on any atom is 0.383 e. The van der Waals surface area contributed by atoms with E-state index in [-0.39, 0.29) is 17.9 Å². The molecule has 0 saturated heterocycles. The van der Waals surface area contributed by atoms with Crippen molar-refractivity contribution < 1.29 is 27.5 Å². The van der Waals surface area contributed by atoms with Crippen molar-refractivity contribution in [2.75, 3.05) is 11.9 Å². The van der Waals surface area contributed by atoms with Gasteiger partial charge in [-0.2, -0.15) is 8.78 Å². The Morgan fingerprint density at radius 3 is 2.56 bits per heavy atom. The number of carbonyl (C=O) groups is 2. The summed E-state index contributed by atoms with van der Waals surface area (Å²) in [6, 6.07) is 5.02. The van der Waals surface area contributed by atoms with E-state index in [9.17, 15) is 22.8 Å². The fourth-order valence-corrected chi connectivity index (χ4v) is 2.34. The first-order valence-corrected chi connectivity index (χ1v) is 7.46. The summed E-state index contributed by atoms with van der Waals surface area (Å²) < 4.78 is 47.4. The number of anilines is 1. The Kier molecular flexibility index (Phi) is 5.20. The topological polar surface area (TPSA) is 60.3 Å². The minimum absolute atomic E-state index is 0.213. The van der Waals surface area contributed by atoms with Gasteiger partial charge in [0.25, 0.3) is 5.91 Å². The molecule has 0 saturated carbocycles. The van der Waals surface area contributed by atoms with Crippen LogP contribution in [0.4, 0.5) is 18.9 Å². The summed E-state index contributed by atoms with van der Waals surface area (Å²) in [4.78, 5) is 23.9. The number of aryl methyl sites for hydroxylation is 2. The van der Waals surface area contributed by atoms with Crippen LogP contribution in [0.2, 0.25) is 0 Å². The van der Waals surface area contributed by atoms with Crippen LogP contribution in [0.25, 0.3) is 0 Å². The molecule has 5 nitrogen and oxygen atoms in total. The van der Waals surface area contributed by atoms with Gasteiger partial charge >= 0.3 is 11.9 Å². The van der Waals surface area contributed by atoms with E-state index in [0.717, 1.165) is 10.6 Å². The molecular weight excluding hydrogens is 337 g/mol. The van der Waals surface area contributed by atoms with Crippen molar-refractivity contribution in [2.24, 2.45) is 7.05 Å². The van der Waals surface area contributed by atoms with E-state index in [2.05, 4.69) is 10.1 Å². The van der Waals surface area contributed by atoms with Gasteiger partial charge in [0.1, 0.15) is 11.5 Å². The predicted molar refractivity (Wildman–Crippen MR) is 85.0 cm³/mol. The van der Waals surface area contributed by atoms with Gasteiger partial charge in [-0.15, -0.1) is 0 Å². The van der Waals surface area contributed by atoms with E-state index in [4.69, 9.17) is 0 Å². The summed E-state index contributed by atoms with van der Waals surface area (Å²) in [7, 11) is 1.29. The van der Waals surface area contributed by atoms with Crippen molar-refractivity contribution >= 4 is 17.6 Å². The van der Waals surface area contributed by atoms with Gasteiger partial charge in [-0.25, -0.2) is 9.18 Å². The number of nitrogens with zero attached hydrogens (tertiary/aromatic N) is 1. The molecule has 2 aromatic rings. The molecule has 0 spiro atoms. The highest BCUT2D eigenvalue weighted by Crippen LogP contribution is 2.33. The molecule has 2 rings (SSSR count). The van der Waals surface area contributed by atoms with Crippen LogP contribution in [-0.4, -0.2) is 23.1 Å². The fraction of sp³-hybridized carbons (Fsp3) is 0.294. The Morgan fingerprint density at radius 1 is 1.28 bits per heavy atom. The zero-order valence-electron chi connectivity index (χ0n) is 13.9. The summed E-state index contributed by atoms with van der Waals surface area (Å²) in [6.45, 7) is 2.70. The lowest BCUT2D eigenvalue weighted by molar-refractivity contribution is -0.174. The smallest absolute Gasteiger partial charge is 0.383 e. The van der Waals surface area contributed by atoms with Gasteiger partial charge in [0.15, 0.2) is 0 Å².